The molecule has 0 aliphatic heterocycles. The lowest BCUT2D eigenvalue weighted by Gasteiger charge is -2.06. The van der Waals surface area contributed by atoms with E-state index in [9.17, 15) is 0 Å². The quantitative estimate of drug-likeness (QED) is 0.730. The van der Waals surface area contributed by atoms with E-state index < -0.39 is 0 Å². The van der Waals surface area contributed by atoms with Crippen LogP contribution in [0.1, 0.15) is 16.7 Å². The van der Waals surface area contributed by atoms with Gasteiger partial charge in [0.05, 0.1) is 11.9 Å². The molecule has 0 atom stereocenters. The number of benzene rings is 2. The number of aromatic nitrogens is 3. The maximum atomic E-state index is 5.86. The van der Waals surface area contributed by atoms with Crippen LogP contribution in [0.15, 0.2) is 42.6 Å². The van der Waals surface area contributed by atoms with Crippen molar-refractivity contribution < 1.29 is 0 Å². The average molecular weight is 278 g/mol. The molecule has 3 aromatic rings. The van der Waals surface area contributed by atoms with Gasteiger partial charge in [-0.2, -0.15) is 0 Å². The SMILES string of the molecule is Cc1ccc(-c2cn(-c3cc(N)ccc3C)nn2)c(C)c1. The maximum absolute atomic E-state index is 5.86. The fourth-order valence-electron chi connectivity index (χ4n) is 2.48. The van der Waals surface area contributed by atoms with E-state index in [0.29, 0.717) is 0 Å². The second kappa shape index (κ2) is 5.05. The molecule has 0 aliphatic carbocycles. The highest BCUT2D eigenvalue weighted by molar-refractivity contribution is 5.63. The van der Waals surface area contributed by atoms with Crippen molar-refractivity contribution in [3.05, 3.63) is 59.3 Å². The Morgan fingerprint density at radius 2 is 1.76 bits per heavy atom. The van der Waals surface area contributed by atoms with E-state index in [4.69, 9.17) is 5.73 Å². The van der Waals surface area contributed by atoms with Gasteiger partial charge in [0, 0.05) is 11.3 Å². The van der Waals surface area contributed by atoms with Crippen LogP contribution in [0.4, 0.5) is 5.69 Å². The number of anilines is 1. The molecule has 0 aliphatic rings. The summed E-state index contributed by atoms with van der Waals surface area (Å²) in [4.78, 5) is 0. The number of hydrogen-bond donors (Lipinski definition) is 1. The minimum atomic E-state index is 0.721. The van der Waals surface area contributed by atoms with E-state index in [0.717, 1.165) is 28.2 Å². The van der Waals surface area contributed by atoms with E-state index in [-0.39, 0.29) is 0 Å². The van der Waals surface area contributed by atoms with Gasteiger partial charge >= 0.3 is 0 Å². The summed E-state index contributed by atoms with van der Waals surface area (Å²) in [6, 6.07) is 12.1. The minimum absolute atomic E-state index is 0.721. The van der Waals surface area contributed by atoms with Crippen molar-refractivity contribution >= 4 is 5.69 Å². The van der Waals surface area contributed by atoms with E-state index in [1.807, 2.05) is 31.3 Å². The summed E-state index contributed by atoms with van der Waals surface area (Å²) in [5, 5.41) is 8.54. The number of aryl methyl sites for hydroxylation is 3. The van der Waals surface area contributed by atoms with E-state index >= 15 is 0 Å². The highest BCUT2D eigenvalue weighted by atomic mass is 15.4. The second-order valence-electron chi connectivity index (χ2n) is 5.41. The first-order valence-corrected chi connectivity index (χ1v) is 6.91. The molecule has 0 spiro atoms. The van der Waals surface area contributed by atoms with Crippen molar-refractivity contribution in [1.82, 2.24) is 15.0 Å². The highest BCUT2D eigenvalue weighted by Gasteiger charge is 2.09. The average Bonchev–Trinajstić information content (AvgIpc) is 2.91. The minimum Gasteiger partial charge on any atom is -0.399 e. The van der Waals surface area contributed by atoms with Gasteiger partial charge in [-0.1, -0.05) is 35.0 Å². The fourth-order valence-corrected chi connectivity index (χ4v) is 2.48. The summed E-state index contributed by atoms with van der Waals surface area (Å²) < 4.78 is 1.78. The van der Waals surface area contributed by atoms with Gasteiger partial charge in [-0.3, -0.25) is 0 Å². The van der Waals surface area contributed by atoms with Crippen LogP contribution in [0.25, 0.3) is 16.9 Å². The molecule has 0 saturated carbocycles. The Labute approximate surface area is 124 Å². The molecule has 3 rings (SSSR count). The van der Waals surface area contributed by atoms with Crippen LogP contribution in [0.2, 0.25) is 0 Å². The summed E-state index contributed by atoms with van der Waals surface area (Å²) in [5.41, 5.74) is 13.1. The molecule has 0 amide bonds. The summed E-state index contributed by atoms with van der Waals surface area (Å²) in [6.45, 7) is 6.21. The van der Waals surface area contributed by atoms with Gasteiger partial charge in [0.25, 0.3) is 0 Å². The molecule has 0 saturated heterocycles. The van der Waals surface area contributed by atoms with Crippen LogP contribution in [-0.4, -0.2) is 15.0 Å². The smallest absolute Gasteiger partial charge is 0.113 e. The van der Waals surface area contributed by atoms with Gasteiger partial charge < -0.3 is 5.73 Å². The van der Waals surface area contributed by atoms with Crippen LogP contribution in [0, 0.1) is 20.8 Å². The lowest BCUT2D eigenvalue weighted by Crippen LogP contribution is -1.99. The molecular formula is C17H18N4. The molecule has 2 aromatic carbocycles. The van der Waals surface area contributed by atoms with Crippen LogP contribution in [0.3, 0.4) is 0 Å². The molecule has 106 valence electrons. The van der Waals surface area contributed by atoms with Gasteiger partial charge in [-0.05, 0) is 44.0 Å². The molecule has 0 fully saturated rings. The first-order chi connectivity index (χ1) is 10.0. The topological polar surface area (TPSA) is 56.7 Å². The van der Waals surface area contributed by atoms with Crippen molar-refractivity contribution in [2.75, 3.05) is 5.73 Å². The van der Waals surface area contributed by atoms with Crippen molar-refractivity contribution in [3.63, 3.8) is 0 Å². The standard InChI is InChI=1S/C17H18N4/c1-11-4-7-15(13(3)8-11)16-10-21(20-19-16)17-9-14(18)6-5-12(17)2/h4-10H,18H2,1-3H3. The Morgan fingerprint density at radius 3 is 2.52 bits per heavy atom. The Balaban J connectivity index is 2.06. The second-order valence-corrected chi connectivity index (χ2v) is 5.41. The lowest BCUT2D eigenvalue weighted by atomic mass is 10.0. The lowest BCUT2D eigenvalue weighted by molar-refractivity contribution is 0.799. The van der Waals surface area contributed by atoms with Crippen molar-refractivity contribution in [1.29, 1.82) is 0 Å². The third-order valence-corrected chi connectivity index (χ3v) is 3.63. The molecule has 0 bridgehead atoms. The zero-order valence-electron chi connectivity index (χ0n) is 12.5. The molecule has 4 heteroatoms. The largest absolute Gasteiger partial charge is 0.399 e. The van der Waals surface area contributed by atoms with Gasteiger partial charge in [0.15, 0.2) is 0 Å². The van der Waals surface area contributed by atoms with Crippen LogP contribution in [-0.2, 0) is 0 Å². The monoisotopic (exact) mass is 278 g/mol. The number of nitrogens with two attached hydrogens (primary N) is 1. The molecule has 2 N–H and O–H groups in total. The van der Waals surface area contributed by atoms with Gasteiger partial charge in [-0.25, -0.2) is 4.68 Å². The summed E-state index contributed by atoms with van der Waals surface area (Å²) in [7, 11) is 0. The Kier molecular flexibility index (Phi) is 3.22. The molecule has 0 unspecified atom stereocenters. The number of rotatable bonds is 2. The number of nitrogen functional groups attached to an aromatic ring is 1. The highest BCUT2D eigenvalue weighted by Crippen LogP contribution is 2.24. The Morgan fingerprint density at radius 1 is 0.952 bits per heavy atom. The number of nitrogens with zero attached hydrogens (tertiary/aromatic N) is 3. The predicted molar refractivity (Wildman–Crippen MR) is 85.4 cm³/mol. The van der Waals surface area contributed by atoms with Crippen molar-refractivity contribution in [3.8, 4) is 16.9 Å². The third-order valence-electron chi connectivity index (χ3n) is 3.63. The van der Waals surface area contributed by atoms with Crippen molar-refractivity contribution in [2.24, 2.45) is 0 Å². The van der Waals surface area contributed by atoms with E-state index in [2.05, 4.69) is 42.4 Å². The first-order valence-electron chi connectivity index (χ1n) is 6.91. The molecule has 21 heavy (non-hydrogen) atoms. The van der Waals surface area contributed by atoms with Gasteiger partial charge in [-0.15, -0.1) is 5.10 Å². The van der Waals surface area contributed by atoms with Crippen LogP contribution < -0.4 is 5.73 Å². The fraction of sp³-hybridized carbons (Fsp3) is 0.176. The van der Waals surface area contributed by atoms with Gasteiger partial charge in [0.2, 0.25) is 0 Å². The summed E-state index contributed by atoms with van der Waals surface area (Å²) >= 11 is 0. The molecule has 4 nitrogen and oxygen atoms in total. The zero-order valence-corrected chi connectivity index (χ0v) is 12.5. The van der Waals surface area contributed by atoms with E-state index in [1.165, 1.54) is 11.1 Å². The maximum Gasteiger partial charge on any atom is 0.113 e. The summed E-state index contributed by atoms with van der Waals surface area (Å²) in [5.74, 6) is 0. The predicted octanol–water partition coefficient (Wildman–Crippen LogP) is 3.44. The molecule has 1 aromatic heterocycles. The Bertz CT molecular complexity index is 802. The van der Waals surface area contributed by atoms with E-state index in [1.54, 1.807) is 4.68 Å². The first kappa shape index (κ1) is 13.4. The van der Waals surface area contributed by atoms with Crippen LogP contribution in [0.5, 0.6) is 0 Å². The number of hydrogen-bond acceptors (Lipinski definition) is 3. The Hall–Kier alpha value is -2.62. The molecule has 1 heterocycles. The normalized spacial score (nSPS) is 10.8. The molecule has 0 radical (unpaired) electrons. The molecular weight excluding hydrogens is 260 g/mol. The third kappa shape index (κ3) is 2.52. The van der Waals surface area contributed by atoms with Crippen LogP contribution >= 0.6 is 0 Å². The van der Waals surface area contributed by atoms with Gasteiger partial charge in [0.1, 0.15) is 5.69 Å². The van der Waals surface area contributed by atoms with Crippen molar-refractivity contribution in [2.45, 2.75) is 20.8 Å². The zero-order chi connectivity index (χ0) is 15.0. The summed E-state index contributed by atoms with van der Waals surface area (Å²) in [6.07, 6.45) is 1.94.